The third-order valence-electron chi connectivity index (χ3n) is 25.5. The average Bonchev–Trinajstić information content (AvgIpc) is 1.65. The molecule has 6 aliphatic rings. The third-order valence-corrected chi connectivity index (χ3v) is 26.0. The Morgan fingerprint density at radius 1 is 0.538 bits per heavy atom. The van der Waals surface area contributed by atoms with Gasteiger partial charge in [0.25, 0.3) is 0 Å². The SMILES string of the molecule is CCCCC[C@@H](CC[C@@H]1[C@H]2Cc3cccc(OCC(=O)O)c3C[C@H]2C[C@H]1O)OC(=O)N(C)[C@H](C)C(=O)NCCCCCS.CCCCC[C@H](O)CC[C@@H]1[C@H]2Cc3cccc(OCC(=O)O)c3C[C@H]2C[C@H]1OC(=O)N(C)[C@H](C)C(=O)CCCNCCS.CCCCC[C@H](O)CC[C@@H]1[C@H]2Cc3cccc(OCC(=O)OC)c3C[C@H]2C[C@H]1O.[3H]CP. The maximum absolute atomic E-state index is 13.4. The van der Waals surface area contributed by atoms with Crippen LogP contribution in [0.2, 0.25) is 0 Å². The monoisotopic (exact) mass is 1690 g/mol. The molecule has 0 aromatic heterocycles. The summed E-state index contributed by atoms with van der Waals surface area (Å²) in [6.45, 7) is 11.6. The van der Waals surface area contributed by atoms with Crippen LogP contribution in [0.1, 0.15) is 236 Å². The molecule has 0 saturated heterocycles. The van der Waals surface area contributed by atoms with E-state index in [9.17, 15) is 54.0 Å². The van der Waals surface area contributed by atoms with Crippen molar-refractivity contribution in [1.29, 1.82) is 0 Å². The molecule has 660 valence electrons. The van der Waals surface area contributed by atoms with E-state index in [1.54, 1.807) is 27.9 Å². The van der Waals surface area contributed by atoms with Crippen LogP contribution < -0.4 is 24.8 Å². The van der Waals surface area contributed by atoms with Gasteiger partial charge in [0.05, 0.1) is 37.6 Å². The number of carbonyl (C=O) groups excluding carboxylic acids is 5. The number of aliphatic carboxylic acids is 2. The predicted molar refractivity (Wildman–Crippen MR) is 467 cm³/mol. The summed E-state index contributed by atoms with van der Waals surface area (Å²) < 4.78 is 39.9. The van der Waals surface area contributed by atoms with Crippen molar-refractivity contribution in [2.24, 2.45) is 53.3 Å². The quantitative estimate of drug-likeness (QED) is 0.00826. The average molecular weight is 1700 g/mol. The number of fused-ring (bicyclic) bond motifs is 6. The first-order chi connectivity index (χ1) is 56.8. The van der Waals surface area contributed by atoms with Crippen LogP contribution in [0.4, 0.5) is 9.59 Å². The van der Waals surface area contributed by atoms with Crippen molar-refractivity contribution < 1.29 is 94.0 Å². The number of aliphatic hydroxyl groups excluding tert-OH is 4. The number of Topliss-reactive ketones (excluding diaryl/α,β-unsaturated/α-hetero) is 1. The number of unbranched alkanes of at least 4 members (excludes halogenated alkanes) is 8. The summed E-state index contributed by atoms with van der Waals surface area (Å²) >= 11 is 8.39. The second-order valence-corrected chi connectivity index (χ2v) is 34.3. The Morgan fingerprint density at radius 3 is 1.46 bits per heavy atom. The molecule has 3 saturated carbocycles. The van der Waals surface area contributed by atoms with Gasteiger partial charge in [0.2, 0.25) is 5.91 Å². The number of benzene rings is 3. The fraction of sp³-hybridized carbons (Fsp3) is 0.725. The number of thiol groups is 2. The van der Waals surface area contributed by atoms with Gasteiger partial charge in [0.15, 0.2) is 25.6 Å². The molecule has 1 unspecified atom stereocenters. The molecule has 0 bridgehead atoms. The van der Waals surface area contributed by atoms with E-state index in [4.69, 9.17) is 35.3 Å². The van der Waals surface area contributed by atoms with Crippen molar-refractivity contribution in [3.8, 4) is 17.2 Å². The molecule has 3 fully saturated rings. The number of aliphatic hydroxyl groups is 4. The Bertz CT molecular complexity index is 3510. The van der Waals surface area contributed by atoms with Gasteiger partial charge in [-0.3, -0.25) is 14.5 Å². The van der Waals surface area contributed by atoms with E-state index < -0.39 is 48.9 Å². The Morgan fingerprint density at radius 2 is 0.991 bits per heavy atom. The molecule has 26 heteroatoms. The van der Waals surface area contributed by atoms with Crippen LogP contribution in [-0.2, 0) is 76.7 Å². The number of methoxy groups -OCH3 is 1. The number of hydrogen-bond acceptors (Lipinski definition) is 20. The number of likely N-dealkylation sites (N-methyl/N-ethyl adjacent to an activating group) is 2. The summed E-state index contributed by atoms with van der Waals surface area (Å²) in [6, 6.07) is 16.4. The molecular weight excluding hydrogens is 1550 g/mol. The Kier molecular flexibility index (Phi) is 45.1. The minimum Gasteiger partial charge on any atom is -0.482 e. The highest BCUT2D eigenvalue weighted by molar-refractivity contribution is 7.80. The van der Waals surface area contributed by atoms with Crippen LogP contribution in [0.25, 0.3) is 0 Å². The summed E-state index contributed by atoms with van der Waals surface area (Å²) in [5.74, 6) is 3.43. The lowest BCUT2D eigenvalue weighted by Crippen LogP contribution is -2.47. The van der Waals surface area contributed by atoms with Gasteiger partial charge in [-0.25, -0.2) is 24.0 Å². The summed E-state index contributed by atoms with van der Waals surface area (Å²) in [4.78, 5) is 88.3. The first kappa shape index (κ1) is 98.2. The first-order valence-electron chi connectivity index (χ1n) is 44.5. The number of ether oxygens (including phenoxy) is 6. The molecule has 3 aromatic rings. The van der Waals surface area contributed by atoms with Crippen LogP contribution in [0.3, 0.4) is 0 Å². The topological polar surface area (TPSA) is 327 Å². The Hall–Kier alpha value is -5.92. The van der Waals surface area contributed by atoms with E-state index >= 15 is 0 Å². The zero-order chi connectivity index (χ0) is 86.2. The molecule has 0 heterocycles. The lowest BCUT2D eigenvalue weighted by Gasteiger charge is -2.33. The van der Waals surface area contributed by atoms with Crippen LogP contribution in [0.5, 0.6) is 17.2 Å². The van der Waals surface area contributed by atoms with E-state index in [2.05, 4.69) is 88.8 Å². The first-order valence-corrected chi connectivity index (χ1v) is 45.9. The lowest BCUT2D eigenvalue weighted by molar-refractivity contribution is -0.143. The molecule has 18 atom stereocenters. The minimum absolute atomic E-state index is 0.00306. The largest absolute Gasteiger partial charge is 0.482 e. The van der Waals surface area contributed by atoms with Crippen molar-refractivity contribution in [2.75, 3.05) is 78.8 Å². The second kappa shape index (κ2) is 53.8. The third kappa shape index (κ3) is 31.8. The molecule has 0 radical (unpaired) electrons. The highest BCUT2D eigenvalue weighted by Gasteiger charge is 2.50. The molecular formula is C91H145N4O19PS2. The van der Waals surface area contributed by atoms with Gasteiger partial charge in [-0.15, -0.1) is 9.24 Å². The Labute approximate surface area is 712 Å². The van der Waals surface area contributed by atoms with Crippen LogP contribution in [-0.4, -0.2) is 210 Å². The zero-order valence-corrected chi connectivity index (χ0v) is 74.3. The van der Waals surface area contributed by atoms with E-state index in [0.29, 0.717) is 86.9 Å². The van der Waals surface area contributed by atoms with Crippen LogP contribution in [0, 0.1) is 53.3 Å². The van der Waals surface area contributed by atoms with Crippen molar-refractivity contribution in [3.63, 3.8) is 0 Å². The van der Waals surface area contributed by atoms with E-state index in [1.807, 2.05) is 36.4 Å². The number of carboxylic acid groups (broad SMARTS) is 2. The number of hydrogen-bond donors (Lipinski definition) is 10. The van der Waals surface area contributed by atoms with Gasteiger partial charge in [0, 0.05) is 40.7 Å². The second-order valence-electron chi connectivity index (χ2n) is 33.4. The molecule has 0 spiro atoms. The van der Waals surface area contributed by atoms with Crippen LogP contribution in [0.15, 0.2) is 54.6 Å². The number of amides is 3. The maximum atomic E-state index is 13.4. The zero-order valence-electron chi connectivity index (χ0n) is 72.4. The minimum atomic E-state index is -1.02. The molecule has 9 rings (SSSR count). The molecule has 23 nitrogen and oxygen atoms in total. The molecule has 117 heavy (non-hydrogen) atoms. The predicted octanol–water partition coefficient (Wildman–Crippen LogP) is 14.3. The van der Waals surface area contributed by atoms with Gasteiger partial charge >= 0.3 is 30.1 Å². The number of nitrogens with zero attached hydrogens (tertiary/aromatic N) is 2. The molecule has 0 aliphatic heterocycles. The summed E-state index contributed by atoms with van der Waals surface area (Å²) in [5.41, 5.74) is 6.83. The fourth-order valence-electron chi connectivity index (χ4n) is 18.7. The number of ketones is 1. The van der Waals surface area contributed by atoms with Gasteiger partial charge in [-0.2, -0.15) is 25.3 Å². The van der Waals surface area contributed by atoms with E-state index in [-0.39, 0.29) is 91.0 Å². The maximum Gasteiger partial charge on any atom is 0.410 e. The Balaban J connectivity index is 0.000000275. The lowest BCUT2D eigenvalue weighted by atomic mass is 9.73. The standard InChI is InChI=1S/2C33H52N2O7S.C24H36O5.CH5P/c1-4-5-7-12-25(42-33(40)35(3)22(2)32(39)34-16-8-6-9-17-43)14-15-26-27-18-23-11-10-13-30(41-21-31(37)38)28(23)19-24(27)20-29(26)36;1-4-5-6-10-25(36)13-14-26-27-18-23-9-7-12-30(41-21-32(38)39)28(23)19-24(27)20-31(26)42-33(40)35(3)22(2)29(37)11-8-15-34-16-17-43;1-3-4-5-8-18(25)10-11-19-20-12-16-7-6-9-23(29-15-24(27)28-2)21(16)13-17(20)14-22(19)26;1-2/h10-11,13,22,24-27,29,36,43H,4-9,12,14-21H2,1-3H3,(H,34,39)(H,37,38);7,9,12,22,24-27,31,34,36,43H,4-6,8,10-11,13-21H2,1-3H3,(H,38,39);6-7,9,17-20,22,25-26H,3-5,8,10-15H2,1-2H3;2H2,1H3/t22-,24+,25+,26-,27+,29-;22-,24+,25+,26-,27+,31-;17-,18-,19+,20-,22+;/m110./s1/i;;;1T. The number of carbonyl (C=O) groups is 7. The number of carboxylic acids is 2. The van der Waals surface area contributed by atoms with Crippen molar-refractivity contribution >= 4 is 76.3 Å². The van der Waals surface area contributed by atoms with Gasteiger partial charge in [-0.05, 0) is 272 Å². The van der Waals surface area contributed by atoms with Crippen molar-refractivity contribution in [3.05, 3.63) is 88.0 Å². The van der Waals surface area contributed by atoms with Crippen molar-refractivity contribution in [1.82, 2.24) is 20.4 Å². The molecule has 6 aliphatic carbocycles. The van der Waals surface area contributed by atoms with Gasteiger partial charge in [-0.1, -0.05) is 122 Å². The number of esters is 1. The summed E-state index contributed by atoms with van der Waals surface area (Å²) in [5, 5.41) is 67.2. The van der Waals surface area contributed by atoms with Crippen LogP contribution >= 0.6 is 34.5 Å². The molecule has 8 N–H and O–H groups in total. The number of nitrogens with one attached hydrogen (secondary N) is 2. The normalized spacial score (nSPS) is 23.1. The van der Waals surface area contributed by atoms with E-state index in [1.165, 1.54) is 40.9 Å². The highest BCUT2D eigenvalue weighted by Crippen LogP contribution is 2.52. The van der Waals surface area contributed by atoms with Crippen molar-refractivity contribution in [2.45, 2.75) is 289 Å². The van der Waals surface area contributed by atoms with Gasteiger partial charge < -0.3 is 74.6 Å². The summed E-state index contributed by atoms with van der Waals surface area (Å²) in [7, 11) is 6.84. The molecule has 3 amide bonds. The fourth-order valence-corrected chi connectivity index (χ4v) is 19.1. The van der Waals surface area contributed by atoms with Gasteiger partial charge in [0.1, 0.15) is 35.5 Å². The van der Waals surface area contributed by atoms with E-state index in [0.717, 1.165) is 207 Å². The highest BCUT2D eigenvalue weighted by atomic mass is 32.1. The smallest absolute Gasteiger partial charge is 0.410 e. The molecule has 3 aromatic carbocycles. The summed E-state index contributed by atoms with van der Waals surface area (Å²) in [6.07, 6.45) is 24.8. The number of rotatable bonds is 47.